The third-order valence-corrected chi connectivity index (χ3v) is 8.41. The molecular formula is C28H30N4O. The molecule has 2 saturated heterocycles. The molecule has 2 aliphatic heterocycles. The molecule has 168 valence electrons. The van der Waals surface area contributed by atoms with Gasteiger partial charge in [0.25, 0.3) is 0 Å². The maximum absolute atomic E-state index is 13.9. The maximum Gasteiger partial charge on any atom is 0.195 e. The van der Waals surface area contributed by atoms with Crippen LogP contribution in [0.2, 0.25) is 0 Å². The zero-order valence-corrected chi connectivity index (χ0v) is 19.7. The monoisotopic (exact) mass is 438 g/mol. The minimum Gasteiger partial charge on any atom is -0.357 e. The van der Waals surface area contributed by atoms with Crippen molar-refractivity contribution in [2.75, 3.05) is 24.5 Å². The Balaban J connectivity index is 1.48. The number of nitriles is 1. The number of benzene rings is 2. The van der Waals surface area contributed by atoms with Gasteiger partial charge in [-0.2, -0.15) is 5.26 Å². The summed E-state index contributed by atoms with van der Waals surface area (Å²) in [6.45, 7) is 10.1. The highest BCUT2D eigenvalue weighted by molar-refractivity contribution is 6.20. The predicted octanol–water partition coefficient (Wildman–Crippen LogP) is 5.32. The van der Waals surface area contributed by atoms with Gasteiger partial charge in [0, 0.05) is 52.9 Å². The summed E-state index contributed by atoms with van der Waals surface area (Å²) in [5, 5.41) is 10.2. The van der Waals surface area contributed by atoms with Gasteiger partial charge in [-0.25, -0.2) is 0 Å². The number of carbonyl (C=O) groups is 1. The van der Waals surface area contributed by atoms with Crippen molar-refractivity contribution in [2.45, 2.75) is 57.5 Å². The Bertz CT molecular complexity index is 1340. The second-order valence-corrected chi connectivity index (χ2v) is 10.6. The molecule has 0 radical (unpaired) electrons. The number of H-pyrrole nitrogens is 1. The molecule has 1 N–H and O–H groups in total. The smallest absolute Gasteiger partial charge is 0.195 e. The van der Waals surface area contributed by atoms with Crippen LogP contribution < -0.4 is 4.90 Å². The molecule has 0 amide bonds. The Morgan fingerprint density at radius 3 is 2.55 bits per heavy atom. The molecule has 6 rings (SSSR count). The summed E-state index contributed by atoms with van der Waals surface area (Å²) in [7, 11) is 0. The van der Waals surface area contributed by atoms with Gasteiger partial charge in [-0.15, -0.1) is 0 Å². The van der Waals surface area contributed by atoms with Gasteiger partial charge in [-0.3, -0.25) is 9.69 Å². The molecule has 33 heavy (non-hydrogen) atoms. The van der Waals surface area contributed by atoms with Crippen LogP contribution in [0.1, 0.15) is 79.2 Å². The van der Waals surface area contributed by atoms with Gasteiger partial charge >= 0.3 is 0 Å². The van der Waals surface area contributed by atoms with Gasteiger partial charge < -0.3 is 9.88 Å². The molecular weight excluding hydrogens is 408 g/mol. The molecule has 3 heterocycles. The SMILES string of the molecule is CC1(C)c2ccc(N3CCCC3(C)N3CCCC3)cc2C(=O)c2c1[nH]c1cc(C#N)ccc21. The number of nitrogens with zero attached hydrogens (tertiary/aromatic N) is 3. The molecule has 3 aromatic rings. The second kappa shape index (κ2) is 6.95. The van der Waals surface area contributed by atoms with E-state index in [2.05, 4.69) is 59.8 Å². The van der Waals surface area contributed by atoms with Crippen molar-refractivity contribution < 1.29 is 4.79 Å². The Morgan fingerprint density at radius 2 is 1.79 bits per heavy atom. The minimum atomic E-state index is -0.327. The Hall–Kier alpha value is -3.10. The highest BCUT2D eigenvalue weighted by Crippen LogP contribution is 2.46. The first-order valence-corrected chi connectivity index (χ1v) is 12.1. The molecule has 1 atom stereocenters. The van der Waals surface area contributed by atoms with Crippen LogP contribution in [0.5, 0.6) is 0 Å². The fourth-order valence-electron chi connectivity index (χ4n) is 6.56. The van der Waals surface area contributed by atoms with Crippen molar-refractivity contribution in [3.05, 3.63) is 64.3 Å². The van der Waals surface area contributed by atoms with E-state index in [1.807, 2.05) is 12.1 Å². The number of anilines is 1. The van der Waals surface area contributed by atoms with E-state index in [0.29, 0.717) is 5.56 Å². The van der Waals surface area contributed by atoms with E-state index in [-0.39, 0.29) is 16.9 Å². The molecule has 1 aliphatic carbocycles. The van der Waals surface area contributed by atoms with E-state index in [4.69, 9.17) is 0 Å². The van der Waals surface area contributed by atoms with Crippen LogP contribution >= 0.6 is 0 Å². The fourth-order valence-corrected chi connectivity index (χ4v) is 6.56. The number of fused-ring (bicyclic) bond motifs is 4. The molecule has 5 heteroatoms. The summed E-state index contributed by atoms with van der Waals surface area (Å²) >= 11 is 0. The van der Waals surface area contributed by atoms with Crippen molar-refractivity contribution in [3.8, 4) is 6.07 Å². The third kappa shape index (κ3) is 2.77. The number of hydrogen-bond donors (Lipinski definition) is 1. The summed E-state index contributed by atoms with van der Waals surface area (Å²) in [6, 6.07) is 14.3. The Kier molecular flexibility index (Phi) is 4.32. The van der Waals surface area contributed by atoms with Crippen LogP contribution in [0.15, 0.2) is 36.4 Å². The molecule has 1 unspecified atom stereocenters. The Morgan fingerprint density at radius 1 is 1.00 bits per heavy atom. The maximum atomic E-state index is 13.9. The number of aromatic amines is 1. The van der Waals surface area contributed by atoms with Crippen molar-refractivity contribution in [1.29, 1.82) is 5.26 Å². The lowest BCUT2D eigenvalue weighted by Gasteiger charge is -2.44. The minimum absolute atomic E-state index is 0.0254. The molecule has 0 bridgehead atoms. The quantitative estimate of drug-likeness (QED) is 0.588. The molecule has 3 aliphatic rings. The van der Waals surface area contributed by atoms with E-state index in [9.17, 15) is 10.1 Å². The summed E-state index contributed by atoms with van der Waals surface area (Å²) in [5.41, 5.74) is 5.89. The number of rotatable bonds is 2. The van der Waals surface area contributed by atoms with Gasteiger partial charge in [0.1, 0.15) is 0 Å². The summed E-state index contributed by atoms with van der Waals surface area (Å²) < 4.78 is 0. The summed E-state index contributed by atoms with van der Waals surface area (Å²) in [5.74, 6) is 0.0826. The summed E-state index contributed by atoms with van der Waals surface area (Å²) in [6.07, 6.45) is 4.89. The van der Waals surface area contributed by atoms with Gasteiger partial charge in [0.05, 0.1) is 22.9 Å². The lowest BCUT2D eigenvalue weighted by Crippen LogP contribution is -2.54. The lowest BCUT2D eigenvalue weighted by molar-refractivity contribution is 0.103. The van der Waals surface area contributed by atoms with Gasteiger partial charge in [-0.1, -0.05) is 26.0 Å². The highest BCUT2D eigenvalue weighted by atomic mass is 16.1. The third-order valence-electron chi connectivity index (χ3n) is 8.41. The molecule has 2 fully saturated rings. The Labute approximate surface area is 195 Å². The number of carbonyl (C=O) groups excluding carboxylic acids is 1. The number of nitrogens with one attached hydrogen (secondary N) is 1. The van der Waals surface area contributed by atoms with Gasteiger partial charge in [-0.05, 0) is 62.4 Å². The van der Waals surface area contributed by atoms with E-state index in [0.717, 1.165) is 65.0 Å². The highest BCUT2D eigenvalue weighted by Gasteiger charge is 2.44. The van der Waals surface area contributed by atoms with Crippen LogP contribution in [0, 0.1) is 11.3 Å². The van der Waals surface area contributed by atoms with Crippen LogP contribution in [0.25, 0.3) is 10.9 Å². The topological polar surface area (TPSA) is 63.1 Å². The molecule has 1 aromatic heterocycles. The number of hydrogen-bond acceptors (Lipinski definition) is 4. The standard InChI is InChI=1S/C28H30N4O/c1-27(2)22-10-8-19(32-14-6-11-28(32,3)31-12-4-5-13-31)16-21(22)25(33)24-20-9-7-18(17-29)15-23(20)30-26(24)27/h7-10,15-16,30H,4-6,11-14H2,1-3H3. The van der Waals surface area contributed by atoms with E-state index < -0.39 is 0 Å². The zero-order valence-electron chi connectivity index (χ0n) is 19.7. The molecule has 2 aromatic carbocycles. The largest absolute Gasteiger partial charge is 0.357 e. The van der Waals surface area contributed by atoms with E-state index in [1.54, 1.807) is 6.07 Å². The van der Waals surface area contributed by atoms with Crippen LogP contribution in [0.4, 0.5) is 5.69 Å². The van der Waals surface area contributed by atoms with Gasteiger partial charge in [0.2, 0.25) is 0 Å². The first kappa shape index (κ1) is 20.5. The summed E-state index contributed by atoms with van der Waals surface area (Å²) in [4.78, 5) is 22.5. The van der Waals surface area contributed by atoms with E-state index in [1.165, 1.54) is 19.3 Å². The van der Waals surface area contributed by atoms with Crippen LogP contribution in [-0.4, -0.2) is 41.0 Å². The molecule has 0 spiro atoms. The zero-order chi connectivity index (χ0) is 23.0. The van der Waals surface area contributed by atoms with Crippen LogP contribution in [-0.2, 0) is 5.41 Å². The first-order valence-electron chi connectivity index (χ1n) is 12.1. The number of ketones is 1. The van der Waals surface area contributed by atoms with Crippen molar-refractivity contribution in [3.63, 3.8) is 0 Å². The number of aromatic nitrogens is 1. The number of likely N-dealkylation sites (tertiary alicyclic amines) is 1. The molecule has 5 nitrogen and oxygen atoms in total. The van der Waals surface area contributed by atoms with Crippen LogP contribution in [0.3, 0.4) is 0 Å². The van der Waals surface area contributed by atoms with Crippen molar-refractivity contribution >= 4 is 22.4 Å². The van der Waals surface area contributed by atoms with Crippen molar-refractivity contribution in [2.24, 2.45) is 0 Å². The lowest BCUT2D eigenvalue weighted by atomic mass is 9.71. The van der Waals surface area contributed by atoms with Crippen molar-refractivity contribution in [1.82, 2.24) is 9.88 Å². The van der Waals surface area contributed by atoms with E-state index >= 15 is 0 Å². The second-order valence-electron chi connectivity index (χ2n) is 10.6. The molecule has 0 saturated carbocycles. The first-order chi connectivity index (χ1) is 15.8. The average Bonchev–Trinajstić information content (AvgIpc) is 3.56. The predicted molar refractivity (Wildman–Crippen MR) is 131 cm³/mol. The normalized spacial score (nSPS) is 24.2. The average molecular weight is 439 g/mol. The van der Waals surface area contributed by atoms with Gasteiger partial charge in [0.15, 0.2) is 5.78 Å². The fraction of sp³-hybridized carbons (Fsp3) is 0.429.